The molecule has 0 aromatic carbocycles. The molecule has 2 saturated heterocycles. The number of nitrogens with zero attached hydrogens (tertiary/aromatic N) is 4. The third-order valence-electron chi connectivity index (χ3n) is 5.77. The van der Waals surface area contributed by atoms with Gasteiger partial charge < -0.3 is 20.1 Å². The largest absolute Gasteiger partial charge is 0.381 e. The Hall–Kier alpha value is -2.66. The van der Waals surface area contributed by atoms with Gasteiger partial charge in [0.2, 0.25) is 11.9 Å². The van der Waals surface area contributed by atoms with Crippen LogP contribution in [0.4, 0.5) is 5.95 Å². The van der Waals surface area contributed by atoms with E-state index in [2.05, 4.69) is 15.6 Å². The number of rotatable bonds is 7. The van der Waals surface area contributed by atoms with Crippen molar-refractivity contribution in [1.82, 2.24) is 24.0 Å². The highest BCUT2D eigenvalue weighted by Crippen LogP contribution is 2.18. The van der Waals surface area contributed by atoms with Crippen LogP contribution >= 0.6 is 0 Å². The summed E-state index contributed by atoms with van der Waals surface area (Å²) < 4.78 is 14.9. The van der Waals surface area contributed by atoms with Crippen molar-refractivity contribution in [3.8, 4) is 0 Å². The summed E-state index contributed by atoms with van der Waals surface area (Å²) in [7, 11) is 2.98. The summed E-state index contributed by atoms with van der Waals surface area (Å²) >= 11 is 0. The lowest BCUT2D eigenvalue weighted by Crippen LogP contribution is -2.38. The van der Waals surface area contributed by atoms with Gasteiger partial charge in [0, 0.05) is 46.3 Å². The second-order valence-corrected chi connectivity index (χ2v) is 7.95. The molecular formula is C19H28N6O5. The standard InChI is InChI=1S/C19H28N6O5/c1-23-16-15(17(27)24(2)19(23)28)25(10-14(26)20-9-13-4-3-6-30-13)18(22-16)21-8-12-5-7-29-11-12/h12-13H,3-11H2,1-2H3,(H,20,26)(H,21,22)/t12-,13-/m1/s1. The number of amides is 1. The maximum Gasteiger partial charge on any atom is 0.332 e. The minimum absolute atomic E-state index is 0.0298. The molecule has 2 N–H and O–H groups in total. The van der Waals surface area contributed by atoms with Crippen LogP contribution in [-0.4, -0.2) is 63.6 Å². The molecule has 2 aromatic heterocycles. The molecule has 4 heterocycles. The van der Waals surface area contributed by atoms with Gasteiger partial charge in [-0.3, -0.25) is 23.3 Å². The number of ether oxygens (including phenoxy) is 2. The molecule has 0 spiro atoms. The van der Waals surface area contributed by atoms with Crippen molar-refractivity contribution in [2.45, 2.75) is 31.9 Å². The van der Waals surface area contributed by atoms with Crippen molar-refractivity contribution in [2.75, 3.05) is 38.2 Å². The van der Waals surface area contributed by atoms with Crippen molar-refractivity contribution in [2.24, 2.45) is 20.0 Å². The van der Waals surface area contributed by atoms with Crippen LogP contribution in [-0.2, 0) is 34.9 Å². The minimum Gasteiger partial charge on any atom is -0.381 e. The van der Waals surface area contributed by atoms with E-state index in [-0.39, 0.29) is 29.7 Å². The maximum absolute atomic E-state index is 12.8. The van der Waals surface area contributed by atoms with E-state index in [9.17, 15) is 14.4 Å². The van der Waals surface area contributed by atoms with Crippen LogP contribution in [0.15, 0.2) is 9.59 Å². The number of carbonyl (C=O) groups excluding carboxylic acids is 1. The number of anilines is 1. The summed E-state index contributed by atoms with van der Waals surface area (Å²) in [4.78, 5) is 42.3. The van der Waals surface area contributed by atoms with Gasteiger partial charge >= 0.3 is 5.69 Å². The van der Waals surface area contributed by atoms with Crippen LogP contribution in [0, 0.1) is 5.92 Å². The molecule has 11 heteroatoms. The molecule has 2 atom stereocenters. The van der Waals surface area contributed by atoms with Crippen LogP contribution in [0.3, 0.4) is 0 Å². The van der Waals surface area contributed by atoms with Crippen molar-refractivity contribution in [1.29, 1.82) is 0 Å². The van der Waals surface area contributed by atoms with Crippen LogP contribution in [0.1, 0.15) is 19.3 Å². The van der Waals surface area contributed by atoms with E-state index < -0.39 is 11.2 Å². The van der Waals surface area contributed by atoms with Gasteiger partial charge in [0.15, 0.2) is 11.2 Å². The first-order valence-corrected chi connectivity index (χ1v) is 10.3. The highest BCUT2D eigenvalue weighted by atomic mass is 16.5. The Morgan fingerprint density at radius 1 is 1.17 bits per heavy atom. The summed E-state index contributed by atoms with van der Waals surface area (Å²) in [5.74, 6) is 0.480. The number of aryl methyl sites for hydroxylation is 1. The maximum atomic E-state index is 12.8. The lowest BCUT2D eigenvalue weighted by atomic mass is 10.1. The van der Waals surface area contributed by atoms with E-state index in [4.69, 9.17) is 9.47 Å². The topological polar surface area (TPSA) is 121 Å². The number of hydrogen-bond donors (Lipinski definition) is 2. The Balaban J connectivity index is 1.63. The summed E-state index contributed by atoms with van der Waals surface area (Å²) in [6.07, 6.45) is 2.89. The van der Waals surface area contributed by atoms with Gasteiger partial charge in [0.05, 0.1) is 12.7 Å². The molecule has 2 aliphatic rings. The molecule has 11 nitrogen and oxygen atoms in total. The molecule has 0 saturated carbocycles. The number of aromatic nitrogens is 4. The highest BCUT2D eigenvalue weighted by molar-refractivity contribution is 5.81. The van der Waals surface area contributed by atoms with E-state index >= 15 is 0 Å². The van der Waals surface area contributed by atoms with E-state index in [0.29, 0.717) is 31.6 Å². The molecule has 2 aliphatic heterocycles. The molecule has 30 heavy (non-hydrogen) atoms. The number of carbonyl (C=O) groups is 1. The minimum atomic E-state index is -0.482. The van der Waals surface area contributed by atoms with Gasteiger partial charge in [-0.15, -0.1) is 0 Å². The Morgan fingerprint density at radius 2 is 2.00 bits per heavy atom. The molecule has 0 bridgehead atoms. The lowest BCUT2D eigenvalue weighted by Gasteiger charge is -2.14. The Morgan fingerprint density at radius 3 is 2.70 bits per heavy atom. The number of hydrogen-bond acceptors (Lipinski definition) is 7. The molecule has 0 radical (unpaired) electrons. The summed E-state index contributed by atoms with van der Waals surface area (Å²) in [5, 5.41) is 6.12. The third kappa shape index (κ3) is 3.99. The van der Waals surface area contributed by atoms with Gasteiger partial charge in [0.1, 0.15) is 6.54 Å². The average Bonchev–Trinajstić information content (AvgIpc) is 3.49. The summed E-state index contributed by atoms with van der Waals surface area (Å²) in [5.41, 5.74) is -0.474. The fraction of sp³-hybridized carbons (Fsp3) is 0.684. The molecule has 1 amide bonds. The Labute approximate surface area is 173 Å². The second kappa shape index (κ2) is 8.60. The predicted molar refractivity (Wildman–Crippen MR) is 110 cm³/mol. The average molecular weight is 420 g/mol. The monoisotopic (exact) mass is 420 g/mol. The number of nitrogens with one attached hydrogen (secondary N) is 2. The normalized spacial score (nSPS) is 21.4. The molecular weight excluding hydrogens is 392 g/mol. The van der Waals surface area contributed by atoms with E-state index in [1.54, 1.807) is 11.6 Å². The molecule has 2 aromatic rings. The first-order valence-electron chi connectivity index (χ1n) is 10.3. The Bertz CT molecular complexity index is 1040. The molecule has 2 fully saturated rings. The first kappa shape index (κ1) is 20.6. The zero-order valence-corrected chi connectivity index (χ0v) is 17.3. The van der Waals surface area contributed by atoms with Crippen molar-refractivity contribution < 1.29 is 14.3 Å². The highest BCUT2D eigenvalue weighted by Gasteiger charge is 2.23. The van der Waals surface area contributed by atoms with Gasteiger partial charge in [0.25, 0.3) is 5.56 Å². The molecule has 0 aliphatic carbocycles. The van der Waals surface area contributed by atoms with E-state index in [1.807, 2.05) is 0 Å². The Kier molecular flexibility index (Phi) is 5.91. The number of imidazole rings is 1. The van der Waals surface area contributed by atoms with Crippen molar-refractivity contribution >= 4 is 23.0 Å². The smallest absolute Gasteiger partial charge is 0.332 e. The van der Waals surface area contributed by atoms with E-state index in [1.165, 1.54) is 11.6 Å². The van der Waals surface area contributed by atoms with Gasteiger partial charge in [-0.25, -0.2) is 4.79 Å². The van der Waals surface area contributed by atoms with Crippen LogP contribution in [0.2, 0.25) is 0 Å². The molecule has 0 unspecified atom stereocenters. The fourth-order valence-electron chi connectivity index (χ4n) is 3.95. The first-order chi connectivity index (χ1) is 14.5. The van der Waals surface area contributed by atoms with Crippen molar-refractivity contribution in [3.63, 3.8) is 0 Å². The summed E-state index contributed by atoms with van der Waals surface area (Å²) in [6.45, 7) is 3.06. The zero-order chi connectivity index (χ0) is 21.3. The summed E-state index contributed by atoms with van der Waals surface area (Å²) in [6, 6.07) is 0. The SMILES string of the molecule is Cn1c(=O)c2c(nc(NC[C@H]3CCOC3)n2CC(=O)NC[C@H]2CCCO2)n(C)c1=O. The van der Waals surface area contributed by atoms with Crippen LogP contribution < -0.4 is 21.9 Å². The predicted octanol–water partition coefficient (Wildman–Crippen LogP) is -0.823. The fourth-order valence-corrected chi connectivity index (χ4v) is 3.95. The van der Waals surface area contributed by atoms with E-state index in [0.717, 1.165) is 37.0 Å². The zero-order valence-electron chi connectivity index (χ0n) is 17.3. The quantitative estimate of drug-likeness (QED) is 0.600. The third-order valence-corrected chi connectivity index (χ3v) is 5.77. The lowest BCUT2D eigenvalue weighted by molar-refractivity contribution is -0.122. The van der Waals surface area contributed by atoms with Crippen molar-refractivity contribution in [3.05, 3.63) is 20.8 Å². The van der Waals surface area contributed by atoms with Crippen LogP contribution in [0.25, 0.3) is 11.2 Å². The van der Waals surface area contributed by atoms with Gasteiger partial charge in [-0.05, 0) is 19.3 Å². The van der Waals surface area contributed by atoms with Gasteiger partial charge in [-0.1, -0.05) is 0 Å². The molecule has 4 rings (SSSR count). The number of fused-ring (bicyclic) bond motifs is 1. The second-order valence-electron chi connectivity index (χ2n) is 7.95. The van der Waals surface area contributed by atoms with Crippen LogP contribution in [0.5, 0.6) is 0 Å². The van der Waals surface area contributed by atoms with Gasteiger partial charge in [-0.2, -0.15) is 4.98 Å². The molecule has 164 valence electrons.